The van der Waals surface area contributed by atoms with Crippen molar-refractivity contribution in [3.05, 3.63) is 18.2 Å². The quantitative estimate of drug-likeness (QED) is 0.529. The third-order valence-electron chi connectivity index (χ3n) is 2.91. The number of nitrogens with one attached hydrogen (secondary N) is 1. The van der Waals surface area contributed by atoms with Crippen LogP contribution in [0.15, 0.2) is 23.1 Å². The van der Waals surface area contributed by atoms with E-state index in [0.717, 1.165) is 12.8 Å². The molecule has 1 rings (SSSR count). The van der Waals surface area contributed by atoms with Crippen LogP contribution in [0.4, 0.5) is 11.4 Å². The molecule has 1 aromatic carbocycles. The Kier molecular flexibility index (Phi) is 5.62. The van der Waals surface area contributed by atoms with Crippen LogP contribution in [0.1, 0.15) is 39.5 Å². The number of hydrogen-bond donors (Lipinski definition) is 3. The molecular formula is C13H23N3O2S. The van der Waals surface area contributed by atoms with Crippen LogP contribution in [0.2, 0.25) is 0 Å². The van der Waals surface area contributed by atoms with Crippen molar-refractivity contribution in [1.29, 1.82) is 0 Å². The molecule has 0 fully saturated rings. The minimum atomic E-state index is -3.72. The predicted molar refractivity (Wildman–Crippen MR) is 79.5 cm³/mol. The molecule has 19 heavy (non-hydrogen) atoms. The van der Waals surface area contributed by atoms with E-state index in [-0.39, 0.29) is 10.9 Å². The van der Waals surface area contributed by atoms with Crippen LogP contribution in [-0.4, -0.2) is 14.5 Å². The second-order valence-electron chi connectivity index (χ2n) is 4.88. The summed E-state index contributed by atoms with van der Waals surface area (Å²) in [5.74, 6) is 0. The van der Waals surface area contributed by atoms with Gasteiger partial charge in [-0.2, -0.15) is 0 Å². The number of nitrogen functional groups attached to an aromatic ring is 1. The first-order chi connectivity index (χ1) is 8.82. The van der Waals surface area contributed by atoms with E-state index in [9.17, 15) is 8.42 Å². The van der Waals surface area contributed by atoms with Crippen molar-refractivity contribution in [3.8, 4) is 0 Å². The van der Waals surface area contributed by atoms with E-state index in [1.807, 2.05) is 0 Å². The number of unbranched alkanes of at least 4 members (excludes halogenated alkanes) is 2. The molecule has 0 spiro atoms. The van der Waals surface area contributed by atoms with Crippen LogP contribution in [0, 0.1) is 0 Å². The predicted octanol–water partition coefficient (Wildman–Crippen LogP) is 2.30. The molecule has 0 heterocycles. The standard InChI is InChI=1S/C13H23N3O2S/c1-3-4-5-6-10(2)16-12-7-11(14)8-13(9-12)19(15,17)18/h7-10,16H,3-6,14H2,1-2H3,(H2,15,17,18). The van der Waals surface area contributed by atoms with Crippen LogP contribution >= 0.6 is 0 Å². The molecule has 0 aliphatic rings. The van der Waals surface area contributed by atoms with Crippen LogP contribution < -0.4 is 16.2 Å². The highest BCUT2D eigenvalue weighted by molar-refractivity contribution is 7.89. The highest BCUT2D eigenvalue weighted by Crippen LogP contribution is 2.21. The van der Waals surface area contributed by atoms with E-state index < -0.39 is 10.0 Å². The van der Waals surface area contributed by atoms with E-state index in [4.69, 9.17) is 10.9 Å². The molecule has 108 valence electrons. The monoisotopic (exact) mass is 285 g/mol. The number of benzene rings is 1. The van der Waals surface area contributed by atoms with Gasteiger partial charge in [0.05, 0.1) is 4.90 Å². The number of primary sulfonamides is 1. The van der Waals surface area contributed by atoms with Crippen molar-refractivity contribution >= 4 is 21.4 Å². The van der Waals surface area contributed by atoms with Gasteiger partial charge in [-0.05, 0) is 31.5 Å². The van der Waals surface area contributed by atoms with E-state index >= 15 is 0 Å². The Hall–Kier alpha value is -1.27. The molecule has 1 unspecified atom stereocenters. The van der Waals surface area contributed by atoms with Gasteiger partial charge in [-0.1, -0.05) is 26.2 Å². The van der Waals surface area contributed by atoms with Gasteiger partial charge in [0.15, 0.2) is 0 Å². The maximum atomic E-state index is 11.3. The topological polar surface area (TPSA) is 98.2 Å². The second-order valence-corrected chi connectivity index (χ2v) is 6.44. The minimum Gasteiger partial charge on any atom is -0.399 e. The summed E-state index contributed by atoms with van der Waals surface area (Å²) in [7, 11) is -3.72. The highest BCUT2D eigenvalue weighted by atomic mass is 32.2. The first kappa shape index (κ1) is 15.8. The molecule has 6 heteroatoms. The summed E-state index contributed by atoms with van der Waals surface area (Å²) in [4.78, 5) is 0.0377. The zero-order chi connectivity index (χ0) is 14.5. The third kappa shape index (κ3) is 5.48. The summed E-state index contributed by atoms with van der Waals surface area (Å²) >= 11 is 0. The van der Waals surface area contributed by atoms with Gasteiger partial charge in [-0.15, -0.1) is 0 Å². The fourth-order valence-electron chi connectivity index (χ4n) is 1.93. The molecule has 0 amide bonds. The Balaban J connectivity index is 2.76. The molecule has 5 N–H and O–H groups in total. The highest BCUT2D eigenvalue weighted by Gasteiger charge is 2.11. The number of rotatable bonds is 7. The fraction of sp³-hybridized carbons (Fsp3) is 0.538. The van der Waals surface area contributed by atoms with E-state index in [2.05, 4.69) is 19.2 Å². The SMILES string of the molecule is CCCCCC(C)Nc1cc(N)cc(S(N)(=O)=O)c1. The maximum absolute atomic E-state index is 11.3. The second kappa shape index (κ2) is 6.77. The van der Waals surface area contributed by atoms with E-state index in [1.165, 1.54) is 25.0 Å². The Morgan fingerprint density at radius 3 is 2.53 bits per heavy atom. The summed E-state index contributed by atoms with van der Waals surface area (Å²) in [5, 5.41) is 8.37. The van der Waals surface area contributed by atoms with Gasteiger partial charge in [-0.3, -0.25) is 0 Å². The average molecular weight is 285 g/mol. The van der Waals surface area contributed by atoms with Crippen molar-refractivity contribution in [1.82, 2.24) is 0 Å². The number of anilines is 2. The van der Waals surface area contributed by atoms with Crippen molar-refractivity contribution in [3.63, 3.8) is 0 Å². The fourth-order valence-corrected chi connectivity index (χ4v) is 2.52. The van der Waals surface area contributed by atoms with Crippen LogP contribution in [0.5, 0.6) is 0 Å². The molecule has 0 aromatic heterocycles. The van der Waals surface area contributed by atoms with Gasteiger partial charge in [0.1, 0.15) is 0 Å². The molecular weight excluding hydrogens is 262 g/mol. The van der Waals surface area contributed by atoms with E-state index in [1.54, 1.807) is 6.07 Å². The zero-order valence-corrected chi connectivity index (χ0v) is 12.3. The molecule has 0 saturated heterocycles. The first-order valence-electron chi connectivity index (χ1n) is 6.53. The van der Waals surface area contributed by atoms with Gasteiger partial charge in [0, 0.05) is 17.4 Å². The van der Waals surface area contributed by atoms with Gasteiger partial charge in [0.25, 0.3) is 0 Å². The number of sulfonamides is 1. The lowest BCUT2D eigenvalue weighted by atomic mass is 10.1. The van der Waals surface area contributed by atoms with Crippen LogP contribution in [-0.2, 0) is 10.0 Å². The zero-order valence-electron chi connectivity index (χ0n) is 11.5. The van der Waals surface area contributed by atoms with Crippen molar-refractivity contribution in [2.75, 3.05) is 11.1 Å². The molecule has 0 saturated carbocycles. The normalized spacial score (nSPS) is 13.2. The lowest BCUT2D eigenvalue weighted by Gasteiger charge is -2.16. The molecule has 1 aromatic rings. The Labute approximate surface area is 115 Å². The summed E-state index contributed by atoms with van der Waals surface area (Å²) in [6.45, 7) is 4.23. The molecule has 1 atom stereocenters. The van der Waals surface area contributed by atoms with Gasteiger partial charge in [-0.25, -0.2) is 13.6 Å². The smallest absolute Gasteiger partial charge is 0.238 e. The maximum Gasteiger partial charge on any atom is 0.238 e. The van der Waals surface area contributed by atoms with Gasteiger partial charge < -0.3 is 11.1 Å². The molecule has 0 bridgehead atoms. The summed E-state index contributed by atoms with van der Waals surface area (Å²) in [5.41, 5.74) is 6.77. The Morgan fingerprint density at radius 2 is 1.95 bits per heavy atom. The third-order valence-corrected chi connectivity index (χ3v) is 3.80. The molecule has 0 aliphatic heterocycles. The van der Waals surface area contributed by atoms with Crippen molar-refractivity contribution < 1.29 is 8.42 Å². The lowest BCUT2D eigenvalue weighted by Crippen LogP contribution is -2.17. The van der Waals surface area contributed by atoms with Gasteiger partial charge in [0.2, 0.25) is 10.0 Å². The van der Waals surface area contributed by atoms with Crippen molar-refractivity contribution in [2.45, 2.75) is 50.5 Å². The largest absolute Gasteiger partial charge is 0.399 e. The molecule has 5 nitrogen and oxygen atoms in total. The van der Waals surface area contributed by atoms with E-state index in [0.29, 0.717) is 11.4 Å². The Morgan fingerprint density at radius 1 is 1.26 bits per heavy atom. The van der Waals surface area contributed by atoms with Crippen LogP contribution in [0.3, 0.4) is 0 Å². The first-order valence-corrected chi connectivity index (χ1v) is 8.07. The minimum absolute atomic E-state index is 0.0377. The molecule has 0 radical (unpaired) electrons. The Bertz CT molecular complexity index is 515. The lowest BCUT2D eigenvalue weighted by molar-refractivity contribution is 0.597. The van der Waals surface area contributed by atoms with Crippen molar-refractivity contribution in [2.24, 2.45) is 5.14 Å². The molecule has 0 aliphatic carbocycles. The average Bonchev–Trinajstić information content (AvgIpc) is 2.27. The summed E-state index contributed by atoms with van der Waals surface area (Å²) in [6.07, 6.45) is 4.56. The summed E-state index contributed by atoms with van der Waals surface area (Å²) in [6, 6.07) is 4.86. The number of hydrogen-bond acceptors (Lipinski definition) is 4. The number of nitrogens with two attached hydrogens (primary N) is 2. The van der Waals surface area contributed by atoms with Gasteiger partial charge >= 0.3 is 0 Å². The van der Waals surface area contributed by atoms with Crippen LogP contribution in [0.25, 0.3) is 0 Å². The summed E-state index contributed by atoms with van der Waals surface area (Å²) < 4.78 is 22.7.